The summed E-state index contributed by atoms with van der Waals surface area (Å²) in [5, 5.41) is 0. The molecule has 0 bridgehead atoms. The molecule has 0 aliphatic carbocycles. The summed E-state index contributed by atoms with van der Waals surface area (Å²) in [7, 11) is -4.02. The Morgan fingerprint density at radius 3 is 1.95 bits per heavy atom. The van der Waals surface area contributed by atoms with Crippen LogP contribution >= 0.6 is 7.60 Å². The van der Waals surface area contributed by atoms with Crippen LogP contribution in [0.4, 0.5) is 0 Å². The highest BCUT2D eigenvalue weighted by molar-refractivity contribution is 7.51. The molecule has 2 rings (SSSR count). The molecule has 0 spiro atoms. The summed E-state index contributed by atoms with van der Waals surface area (Å²) in [6.07, 6.45) is 0.516. The van der Waals surface area contributed by atoms with E-state index < -0.39 is 7.60 Å². The molecule has 1 atom stereocenters. The van der Waals surface area contributed by atoms with E-state index in [4.69, 9.17) is 0 Å². The summed E-state index contributed by atoms with van der Waals surface area (Å²) in [5.41, 5.74) is 2.06. The zero-order valence-electron chi connectivity index (χ0n) is 10.5. The van der Waals surface area contributed by atoms with Crippen LogP contribution in [0.2, 0.25) is 0 Å². The Morgan fingerprint density at radius 1 is 0.895 bits per heavy atom. The lowest BCUT2D eigenvalue weighted by Gasteiger charge is -2.18. The second kappa shape index (κ2) is 6.16. The van der Waals surface area contributed by atoms with Crippen LogP contribution in [0.1, 0.15) is 17.0 Å². The van der Waals surface area contributed by atoms with Crippen LogP contribution in [0.25, 0.3) is 0 Å². The summed E-state index contributed by atoms with van der Waals surface area (Å²) in [4.78, 5) is 18.5. The summed E-state index contributed by atoms with van der Waals surface area (Å²) in [6, 6.07) is 19.3. The number of hydrogen-bond acceptors (Lipinski definition) is 1. The van der Waals surface area contributed by atoms with Crippen molar-refractivity contribution in [3.05, 3.63) is 71.8 Å². The minimum atomic E-state index is -4.02. The van der Waals surface area contributed by atoms with Gasteiger partial charge in [0.05, 0.1) is 6.16 Å². The molecule has 2 aromatic rings. The fraction of sp³-hybridized carbons (Fsp3) is 0.200. The second-order valence-electron chi connectivity index (χ2n) is 4.64. The molecule has 3 nitrogen and oxygen atoms in total. The molecule has 2 N–H and O–H groups in total. The summed E-state index contributed by atoms with van der Waals surface area (Å²) < 4.78 is 11.3. The molecule has 0 amide bonds. The zero-order chi connectivity index (χ0) is 13.7. The fourth-order valence-electron chi connectivity index (χ4n) is 2.20. The van der Waals surface area contributed by atoms with Crippen LogP contribution in [0.5, 0.6) is 0 Å². The first kappa shape index (κ1) is 14.0. The van der Waals surface area contributed by atoms with E-state index in [2.05, 4.69) is 0 Å². The van der Waals surface area contributed by atoms with Gasteiger partial charge in [0.1, 0.15) is 0 Å². The minimum absolute atomic E-state index is 0.119. The van der Waals surface area contributed by atoms with Gasteiger partial charge in [0.2, 0.25) is 0 Å². The first-order valence-electron chi connectivity index (χ1n) is 6.18. The topological polar surface area (TPSA) is 57.5 Å². The van der Waals surface area contributed by atoms with E-state index in [0.717, 1.165) is 11.1 Å². The van der Waals surface area contributed by atoms with Crippen LogP contribution in [0.3, 0.4) is 0 Å². The van der Waals surface area contributed by atoms with Crippen LogP contribution in [-0.4, -0.2) is 15.9 Å². The van der Waals surface area contributed by atoms with E-state index in [9.17, 15) is 14.4 Å². The van der Waals surface area contributed by atoms with Gasteiger partial charge in [-0.05, 0) is 23.5 Å². The molecular weight excluding hydrogens is 259 g/mol. The van der Waals surface area contributed by atoms with Crippen molar-refractivity contribution in [1.82, 2.24) is 0 Å². The molecule has 0 saturated heterocycles. The number of rotatable bonds is 5. The highest BCUT2D eigenvalue weighted by Gasteiger charge is 2.23. The van der Waals surface area contributed by atoms with Gasteiger partial charge in [-0.2, -0.15) is 0 Å². The summed E-state index contributed by atoms with van der Waals surface area (Å²) >= 11 is 0. The fourth-order valence-corrected chi connectivity index (χ4v) is 3.11. The van der Waals surface area contributed by atoms with Gasteiger partial charge in [-0.15, -0.1) is 0 Å². The Kier molecular flexibility index (Phi) is 4.54. The van der Waals surface area contributed by atoms with Crippen LogP contribution in [0, 0.1) is 0 Å². The highest BCUT2D eigenvalue weighted by Crippen LogP contribution is 2.41. The van der Waals surface area contributed by atoms with Gasteiger partial charge < -0.3 is 9.79 Å². The third-order valence-electron chi connectivity index (χ3n) is 3.05. The first-order valence-corrected chi connectivity index (χ1v) is 7.98. The summed E-state index contributed by atoms with van der Waals surface area (Å²) in [5.74, 6) is -0.163. The lowest BCUT2D eigenvalue weighted by molar-refractivity contribution is 0.368. The van der Waals surface area contributed by atoms with Gasteiger partial charge in [0, 0.05) is 0 Å². The Bertz CT molecular complexity index is 548. The third kappa shape index (κ3) is 4.64. The molecule has 0 aromatic heterocycles. The standard InChI is InChI=1S/C15H17O3P/c16-19(17,18)12-15(14-9-5-2-6-10-14)11-13-7-3-1-4-8-13/h1-10,15H,11-12H2,(H2,16,17,18). The maximum Gasteiger partial charge on any atom is 0.326 e. The SMILES string of the molecule is O=P(O)(O)CC(Cc1ccccc1)c1ccccc1. The molecule has 0 heterocycles. The van der Waals surface area contributed by atoms with Crippen molar-refractivity contribution < 1.29 is 14.4 Å². The van der Waals surface area contributed by atoms with Gasteiger partial charge in [-0.25, -0.2) is 0 Å². The van der Waals surface area contributed by atoms with Crippen molar-refractivity contribution in [3.8, 4) is 0 Å². The molecule has 4 heteroatoms. The number of hydrogen-bond donors (Lipinski definition) is 2. The smallest absolute Gasteiger partial charge is 0.324 e. The molecule has 0 saturated carbocycles. The molecular formula is C15H17O3P. The average Bonchev–Trinajstić information content (AvgIpc) is 2.39. The molecule has 19 heavy (non-hydrogen) atoms. The number of benzene rings is 2. The Balaban J connectivity index is 2.22. The molecule has 0 aliphatic rings. The Labute approximate surface area is 113 Å². The van der Waals surface area contributed by atoms with Crippen molar-refractivity contribution >= 4 is 7.60 Å². The zero-order valence-corrected chi connectivity index (χ0v) is 11.4. The molecule has 100 valence electrons. The van der Waals surface area contributed by atoms with Crippen molar-refractivity contribution in [2.75, 3.05) is 6.16 Å². The lowest BCUT2D eigenvalue weighted by atomic mass is 9.94. The summed E-state index contributed by atoms with van der Waals surface area (Å²) in [6.45, 7) is 0. The highest BCUT2D eigenvalue weighted by atomic mass is 31.2. The molecule has 2 aromatic carbocycles. The Hall–Kier alpha value is -1.41. The van der Waals surface area contributed by atoms with E-state index in [0.29, 0.717) is 6.42 Å². The van der Waals surface area contributed by atoms with Crippen LogP contribution in [0.15, 0.2) is 60.7 Å². The monoisotopic (exact) mass is 276 g/mol. The van der Waals surface area contributed by atoms with E-state index in [-0.39, 0.29) is 12.1 Å². The molecule has 0 radical (unpaired) electrons. The van der Waals surface area contributed by atoms with Gasteiger partial charge >= 0.3 is 7.60 Å². The predicted molar refractivity (Wildman–Crippen MR) is 76.2 cm³/mol. The van der Waals surface area contributed by atoms with Gasteiger partial charge in [0.15, 0.2) is 0 Å². The maximum absolute atomic E-state index is 11.3. The van der Waals surface area contributed by atoms with Gasteiger partial charge in [0.25, 0.3) is 0 Å². The van der Waals surface area contributed by atoms with Crippen molar-refractivity contribution in [2.24, 2.45) is 0 Å². The molecule has 0 aliphatic heterocycles. The van der Waals surface area contributed by atoms with Crippen LogP contribution < -0.4 is 0 Å². The third-order valence-corrected chi connectivity index (χ3v) is 3.97. The predicted octanol–water partition coefficient (Wildman–Crippen LogP) is 3.19. The second-order valence-corrected chi connectivity index (χ2v) is 6.34. The van der Waals surface area contributed by atoms with E-state index in [1.54, 1.807) is 0 Å². The van der Waals surface area contributed by atoms with Gasteiger partial charge in [-0.1, -0.05) is 60.7 Å². The van der Waals surface area contributed by atoms with E-state index in [1.807, 2.05) is 60.7 Å². The van der Waals surface area contributed by atoms with E-state index in [1.165, 1.54) is 0 Å². The first-order chi connectivity index (χ1) is 9.04. The Morgan fingerprint density at radius 2 is 1.42 bits per heavy atom. The van der Waals surface area contributed by atoms with Crippen LogP contribution in [-0.2, 0) is 11.0 Å². The van der Waals surface area contributed by atoms with E-state index >= 15 is 0 Å². The molecule has 1 unspecified atom stereocenters. The van der Waals surface area contributed by atoms with Crippen molar-refractivity contribution in [3.63, 3.8) is 0 Å². The molecule has 0 fully saturated rings. The normalized spacial score (nSPS) is 13.2. The average molecular weight is 276 g/mol. The quantitative estimate of drug-likeness (QED) is 0.824. The maximum atomic E-state index is 11.3. The van der Waals surface area contributed by atoms with Gasteiger partial charge in [-0.3, -0.25) is 4.57 Å². The lowest BCUT2D eigenvalue weighted by Crippen LogP contribution is -2.08. The largest absolute Gasteiger partial charge is 0.326 e. The van der Waals surface area contributed by atoms with Crippen molar-refractivity contribution in [1.29, 1.82) is 0 Å². The minimum Gasteiger partial charge on any atom is -0.324 e. The van der Waals surface area contributed by atoms with Crippen molar-refractivity contribution in [2.45, 2.75) is 12.3 Å².